The van der Waals surface area contributed by atoms with Crippen molar-refractivity contribution in [3.8, 4) is 0 Å². The number of aliphatic hydroxyl groups excluding tert-OH is 1. The van der Waals surface area contributed by atoms with Gasteiger partial charge in [0, 0.05) is 12.8 Å². The lowest BCUT2D eigenvalue weighted by Gasteiger charge is -2.22. The van der Waals surface area contributed by atoms with Crippen molar-refractivity contribution in [3.05, 3.63) is 0 Å². The molecule has 2 unspecified atom stereocenters. The molecule has 104 valence electrons. The van der Waals surface area contributed by atoms with Gasteiger partial charge in [-0.25, -0.2) is 0 Å². The van der Waals surface area contributed by atoms with Crippen LogP contribution in [0.5, 0.6) is 0 Å². The van der Waals surface area contributed by atoms with Crippen LogP contribution < -0.4 is 0 Å². The van der Waals surface area contributed by atoms with Gasteiger partial charge in [0.2, 0.25) is 6.29 Å². The van der Waals surface area contributed by atoms with Gasteiger partial charge in [-0.05, 0) is 13.8 Å². The van der Waals surface area contributed by atoms with Gasteiger partial charge in [-0.2, -0.15) is 0 Å². The molecule has 18 heavy (non-hydrogen) atoms. The molecule has 0 aromatic rings. The Kier molecular flexibility index (Phi) is 3.91. The second-order valence-corrected chi connectivity index (χ2v) is 5.10. The van der Waals surface area contributed by atoms with Gasteiger partial charge in [0.1, 0.15) is 12.2 Å². The maximum atomic E-state index is 9.96. The molecule has 0 aromatic carbocycles. The predicted molar refractivity (Wildman–Crippen MR) is 63.3 cm³/mol. The average Bonchev–Trinajstić information content (AvgIpc) is 2.81. The molecule has 6 heteroatoms. The molecule has 2 N–H and O–H groups in total. The fourth-order valence-electron chi connectivity index (χ4n) is 2.18. The molecule has 0 amide bonds. The van der Waals surface area contributed by atoms with E-state index in [9.17, 15) is 5.11 Å². The highest BCUT2D eigenvalue weighted by Gasteiger charge is 2.46. The van der Waals surface area contributed by atoms with E-state index >= 15 is 0 Å². The lowest BCUT2D eigenvalue weighted by Crippen LogP contribution is -2.37. The van der Waals surface area contributed by atoms with E-state index in [0.717, 1.165) is 0 Å². The van der Waals surface area contributed by atoms with Gasteiger partial charge in [-0.3, -0.25) is 5.41 Å². The zero-order valence-electron chi connectivity index (χ0n) is 11.0. The zero-order chi connectivity index (χ0) is 13.3. The highest BCUT2D eigenvalue weighted by Crippen LogP contribution is 2.32. The molecule has 0 bridgehead atoms. The van der Waals surface area contributed by atoms with Crippen LogP contribution in [0.25, 0.3) is 0 Å². The summed E-state index contributed by atoms with van der Waals surface area (Å²) >= 11 is 0. The lowest BCUT2D eigenvalue weighted by atomic mass is 10.1. The average molecular weight is 259 g/mol. The molecule has 2 rings (SSSR count). The van der Waals surface area contributed by atoms with E-state index in [-0.39, 0.29) is 12.0 Å². The lowest BCUT2D eigenvalue weighted by molar-refractivity contribution is -0.173. The van der Waals surface area contributed by atoms with Crippen LogP contribution in [0.15, 0.2) is 0 Å². The third-order valence-electron chi connectivity index (χ3n) is 3.11. The summed E-state index contributed by atoms with van der Waals surface area (Å²) in [4.78, 5) is 0. The van der Waals surface area contributed by atoms with Crippen LogP contribution >= 0.6 is 0 Å². The van der Waals surface area contributed by atoms with E-state index in [4.69, 9.17) is 24.4 Å². The first kappa shape index (κ1) is 13.7. The molecule has 2 fully saturated rings. The molecule has 0 saturated carbocycles. The standard InChI is InChI=1S/C12H21NO5/c1-4-9(13)16-10-5-7(14)11(17-10)8-6-15-12(2,3)18-8/h7-8,10-11,13-14H,4-6H2,1-3H3/t7?,8-,10+,11?/m1/s1. The Morgan fingerprint density at radius 2 is 2.22 bits per heavy atom. The Balaban J connectivity index is 1.89. The Bertz CT molecular complexity index is 320. The Labute approximate surface area is 107 Å². The molecule has 0 radical (unpaired) electrons. The number of hydrogen-bond donors (Lipinski definition) is 2. The summed E-state index contributed by atoms with van der Waals surface area (Å²) in [6.07, 6.45) is -1.10. The van der Waals surface area contributed by atoms with Gasteiger partial charge in [0.15, 0.2) is 11.7 Å². The molecule has 2 aliphatic heterocycles. The first-order valence-electron chi connectivity index (χ1n) is 6.30. The fourth-order valence-corrected chi connectivity index (χ4v) is 2.18. The number of hydrogen-bond acceptors (Lipinski definition) is 6. The van der Waals surface area contributed by atoms with Gasteiger partial charge in [-0.15, -0.1) is 0 Å². The van der Waals surface area contributed by atoms with Crippen molar-refractivity contribution in [1.29, 1.82) is 5.41 Å². The molecule has 0 aromatic heterocycles. The van der Waals surface area contributed by atoms with Crippen molar-refractivity contribution >= 4 is 5.90 Å². The van der Waals surface area contributed by atoms with Gasteiger partial charge >= 0.3 is 0 Å². The van der Waals surface area contributed by atoms with E-state index < -0.39 is 24.3 Å². The first-order chi connectivity index (χ1) is 8.41. The van der Waals surface area contributed by atoms with Crippen molar-refractivity contribution in [2.45, 2.75) is 64.0 Å². The minimum atomic E-state index is -0.651. The maximum absolute atomic E-state index is 9.96. The van der Waals surface area contributed by atoms with Crippen LogP contribution in [0.4, 0.5) is 0 Å². The van der Waals surface area contributed by atoms with Crippen LogP contribution in [-0.2, 0) is 18.9 Å². The van der Waals surface area contributed by atoms with Crippen LogP contribution in [0, 0.1) is 5.41 Å². The van der Waals surface area contributed by atoms with Crippen molar-refractivity contribution in [1.82, 2.24) is 0 Å². The van der Waals surface area contributed by atoms with Gasteiger partial charge < -0.3 is 24.1 Å². The zero-order valence-corrected chi connectivity index (χ0v) is 11.0. The van der Waals surface area contributed by atoms with Crippen molar-refractivity contribution < 1.29 is 24.1 Å². The van der Waals surface area contributed by atoms with E-state index in [1.807, 2.05) is 20.8 Å². The quantitative estimate of drug-likeness (QED) is 0.584. The van der Waals surface area contributed by atoms with Gasteiger partial charge in [-0.1, -0.05) is 6.92 Å². The summed E-state index contributed by atoms with van der Waals surface area (Å²) in [5, 5.41) is 17.4. The van der Waals surface area contributed by atoms with Crippen molar-refractivity contribution in [2.24, 2.45) is 0 Å². The van der Waals surface area contributed by atoms with E-state index in [1.165, 1.54) is 0 Å². The SMILES string of the molecule is CCC(=N)O[C@@H]1CC(O)C([C@H]2COC(C)(C)O2)O1. The van der Waals surface area contributed by atoms with Crippen molar-refractivity contribution in [3.63, 3.8) is 0 Å². The van der Waals surface area contributed by atoms with Crippen LogP contribution in [0.1, 0.15) is 33.6 Å². The number of aliphatic hydroxyl groups is 1. The molecule has 0 aliphatic carbocycles. The van der Waals surface area contributed by atoms with Gasteiger partial charge in [0.25, 0.3) is 0 Å². The van der Waals surface area contributed by atoms with Crippen LogP contribution in [0.2, 0.25) is 0 Å². The van der Waals surface area contributed by atoms with Crippen LogP contribution in [0.3, 0.4) is 0 Å². The third kappa shape index (κ3) is 3.00. The number of ether oxygens (including phenoxy) is 4. The predicted octanol–water partition coefficient (Wildman–Crippen LogP) is 1.02. The van der Waals surface area contributed by atoms with E-state index in [2.05, 4.69) is 0 Å². The van der Waals surface area contributed by atoms with Crippen LogP contribution in [-0.4, -0.2) is 48.0 Å². The molecule has 2 saturated heterocycles. The molecule has 4 atom stereocenters. The molecular formula is C12H21NO5. The normalized spacial score (nSPS) is 38.9. The van der Waals surface area contributed by atoms with Gasteiger partial charge in [0.05, 0.1) is 12.7 Å². The first-order valence-corrected chi connectivity index (χ1v) is 6.30. The summed E-state index contributed by atoms with van der Waals surface area (Å²) in [6, 6.07) is 0. The largest absolute Gasteiger partial charge is 0.452 e. The summed E-state index contributed by atoms with van der Waals surface area (Å²) in [5.74, 6) is -0.472. The van der Waals surface area contributed by atoms with E-state index in [1.54, 1.807) is 0 Å². The minimum Gasteiger partial charge on any atom is -0.452 e. The number of rotatable bonds is 3. The number of nitrogens with one attached hydrogen (secondary N) is 1. The summed E-state index contributed by atoms with van der Waals surface area (Å²) < 4.78 is 22.0. The molecule has 2 heterocycles. The topological polar surface area (TPSA) is 81.0 Å². The minimum absolute atomic E-state index is 0.164. The summed E-state index contributed by atoms with van der Waals surface area (Å²) in [6.45, 7) is 5.89. The highest BCUT2D eigenvalue weighted by molar-refractivity contribution is 5.72. The molecular weight excluding hydrogens is 238 g/mol. The third-order valence-corrected chi connectivity index (χ3v) is 3.11. The smallest absolute Gasteiger partial charge is 0.204 e. The second kappa shape index (κ2) is 5.13. The monoisotopic (exact) mass is 259 g/mol. The molecule has 0 spiro atoms. The fraction of sp³-hybridized carbons (Fsp3) is 0.917. The Hall–Kier alpha value is -0.690. The van der Waals surface area contributed by atoms with Crippen molar-refractivity contribution in [2.75, 3.05) is 6.61 Å². The highest BCUT2D eigenvalue weighted by atomic mass is 16.8. The second-order valence-electron chi connectivity index (χ2n) is 5.10. The Morgan fingerprint density at radius 3 is 2.78 bits per heavy atom. The molecule has 2 aliphatic rings. The Morgan fingerprint density at radius 1 is 1.50 bits per heavy atom. The summed E-state index contributed by atoms with van der Waals surface area (Å²) in [5.41, 5.74) is 0. The molecule has 6 nitrogen and oxygen atoms in total. The summed E-state index contributed by atoms with van der Waals surface area (Å²) in [7, 11) is 0. The van der Waals surface area contributed by atoms with E-state index in [0.29, 0.717) is 19.4 Å². The maximum Gasteiger partial charge on any atom is 0.204 e.